The monoisotopic (exact) mass is 469 g/mol. The van der Waals surface area contributed by atoms with Crippen molar-refractivity contribution in [2.45, 2.75) is 12.5 Å². The van der Waals surface area contributed by atoms with Crippen LogP contribution in [0.2, 0.25) is 0 Å². The molecule has 1 heterocycles. The van der Waals surface area contributed by atoms with Gasteiger partial charge in [0.1, 0.15) is 5.82 Å². The molecule has 0 bridgehead atoms. The number of nitrogens with one attached hydrogen (secondary N) is 1. The number of halogens is 4. The van der Waals surface area contributed by atoms with E-state index in [0.29, 0.717) is 12.0 Å². The van der Waals surface area contributed by atoms with E-state index in [4.69, 9.17) is 0 Å². The van der Waals surface area contributed by atoms with Crippen LogP contribution in [0.3, 0.4) is 0 Å². The van der Waals surface area contributed by atoms with E-state index in [1.807, 2.05) is 13.1 Å². The Hall–Kier alpha value is 0.250. The minimum Gasteiger partial charge on any atom is -0.312 e. The second kappa shape index (κ2) is 6.80. The zero-order valence-electron chi connectivity index (χ0n) is 10.0. The average molecular weight is 472 g/mol. The first kappa shape index (κ1) is 15.6. The van der Waals surface area contributed by atoms with Gasteiger partial charge in [0.25, 0.3) is 0 Å². The van der Waals surface area contributed by atoms with E-state index in [2.05, 4.69) is 59.2 Å². The van der Waals surface area contributed by atoms with Crippen LogP contribution in [0.1, 0.15) is 16.5 Å². The van der Waals surface area contributed by atoms with Crippen molar-refractivity contribution in [2.75, 3.05) is 7.05 Å². The van der Waals surface area contributed by atoms with E-state index in [1.165, 1.54) is 10.9 Å². The molecule has 1 N–H and O–H groups in total. The Morgan fingerprint density at radius 1 is 1.26 bits per heavy atom. The van der Waals surface area contributed by atoms with E-state index < -0.39 is 0 Å². The van der Waals surface area contributed by atoms with Gasteiger partial charge >= 0.3 is 0 Å². The van der Waals surface area contributed by atoms with Crippen LogP contribution < -0.4 is 5.32 Å². The molecule has 1 aromatic carbocycles. The van der Waals surface area contributed by atoms with Crippen LogP contribution >= 0.6 is 59.1 Å². The first-order chi connectivity index (χ1) is 9.01. The number of rotatable bonds is 4. The molecule has 1 unspecified atom stereocenters. The fraction of sp³-hybridized carbons (Fsp3) is 0.231. The molecule has 0 aliphatic rings. The molecule has 6 heteroatoms. The molecule has 0 saturated heterocycles. The number of likely N-dealkylation sites (N-methyl/N-ethyl adjacent to an activating group) is 1. The zero-order chi connectivity index (χ0) is 14.0. The standard InChI is InChI=1S/C13H11Br3FNS/c1-18-11(12-6-9(15)13(16)19-12)5-7-4-8(14)2-3-10(7)17/h2-4,6,11,18H,5H2,1H3. The minimum absolute atomic E-state index is 0.0939. The molecule has 1 aromatic heterocycles. The van der Waals surface area contributed by atoms with Gasteiger partial charge in [0, 0.05) is 19.9 Å². The lowest BCUT2D eigenvalue weighted by Gasteiger charge is -2.15. The molecule has 0 amide bonds. The van der Waals surface area contributed by atoms with E-state index in [1.54, 1.807) is 17.4 Å². The molecule has 2 rings (SSSR count). The van der Waals surface area contributed by atoms with Crippen molar-refractivity contribution in [2.24, 2.45) is 0 Å². The molecular formula is C13H11Br3FNS. The van der Waals surface area contributed by atoms with Crippen LogP contribution in [-0.2, 0) is 6.42 Å². The summed E-state index contributed by atoms with van der Waals surface area (Å²) in [5, 5.41) is 3.24. The molecule has 0 radical (unpaired) electrons. The Bertz CT molecular complexity index is 566. The minimum atomic E-state index is -0.168. The van der Waals surface area contributed by atoms with Gasteiger partial charge in [-0.25, -0.2) is 4.39 Å². The van der Waals surface area contributed by atoms with E-state index in [0.717, 1.165) is 12.7 Å². The molecule has 1 atom stereocenters. The summed E-state index contributed by atoms with van der Waals surface area (Å²) >= 11 is 12.0. The zero-order valence-corrected chi connectivity index (χ0v) is 15.6. The van der Waals surface area contributed by atoms with Gasteiger partial charge in [0.05, 0.1) is 3.79 Å². The van der Waals surface area contributed by atoms with Crippen molar-refractivity contribution in [1.29, 1.82) is 0 Å². The predicted octanol–water partition coefficient (Wildman–Crippen LogP) is 5.68. The normalized spacial score (nSPS) is 12.7. The Balaban J connectivity index is 2.26. The van der Waals surface area contributed by atoms with E-state index >= 15 is 0 Å². The molecule has 1 nitrogen and oxygen atoms in total. The maximum atomic E-state index is 13.8. The Labute approximate surface area is 141 Å². The Morgan fingerprint density at radius 2 is 2.00 bits per heavy atom. The summed E-state index contributed by atoms with van der Waals surface area (Å²) in [7, 11) is 1.89. The third-order valence-corrected chi connectivity index (χ3v) is 6.65. The number of benzene rings is 1. The number of hydrogen-bond donors (Lipinski definition) is 1. The van der Waals surface area contributed by atoms with Crippen LogP contribution in [0.4, 0.5) is 4.39 Å². The quantitative estimate of drug-likeness (QED) is 0.605. The van der Waals surface area contributed by atoms with Crippen LogP contribution in [-0.4, -0.2) is 7.05 Å². The van der Waals surface area contributed by atoms with E-state index in [9.17, 15) is 4.39 Å². The summed E-state index contributed by atoms with van der Waals surface area (Å²) in [6, 6.07) is 7.19. The fourth-order valence-electron chi connectivity index (χ4n) is 1.80. The van der Waals surface area contributed by atoms with Gasteiger partial charge in [-0.1, -0.05) is 15.9 Å². The highest BCUT2D eigenvalue weighted by Gasteiger charge is 2.16. The van der Waals surface area contributed by atoms with Crippen molar-refractivity contribution in [3.05, 3.63) is 53.3 Å². The van der Waals surface area contributed by atoms with Gasteiger partial charge in [0.15, 0.2) is 0 Å². The topological polar surface area (TPSA) is 12.0 Å². The van der Waals surface area contributed by atoms with Gasteiger partial charge in [-0.3, -0.25) is 0 Å². The first-order valence-electron chi connectivity index (χ1n) is 5.57. The van der Waals surface area contributed by atoms with Crippen molar-refractivity contribution in [1.82, 2.24) is 5.32 Å². The van der Waals surface area contributed by atoms with Crippen molar-refractivity contribution < 1.29 is 4.39 Å². The summed E-state index contributed by atoms with van der Waals surface area (Å²) in [6.07, 6.45) is 0.612. The maximum Gasteiger partial charge on any atom is 0.126 e. The number of hydrogen-bond acceptors (Lipinski definition) is 2. The highest BCUT2D eigenvalue weighted by atomic mass is 79.9. The lowest BCUT2D eigenvalue weighted by molar-refractivity contribution is 0.559. The fourth-order valence-corrected chi connectivity index (χ4v) is 4.41. The highest BCUT2D eigenvalue weighted by molar-refractivity contribution is 9.13. The molecule has 0 spiro atoms. The lowest BCUT2D eigenvalue weighted by Crippen LogP contribution is -2.18. The Morgan fingerprint density at radius 3 is 2.58 bits per heavy atom. The van der Waals surface area contributed by atoms with Gasteiger partial charge in [-0.05, 0) is 75.2 Å². The molecule has 102 valence electrons. The summed E-state index contributed by atoms with van der Waals surface area (Å²) in [5.74, 6) is -0.168. The molecule has 0 aliphatic heterocycles. The van der Waals surface area contributed by atoms with Gasteiger partial charge in [0.2, 0.25) is 0 Å². The largest absolute Gasteiger partial charge is 0.312 e. The van der Waals surface area contributed by atoms with Crippen molar-refractivity contribution in [3.8, 4) is 0 Å². The van der Waals surface area contributed by atoms with Crippen molar-refractivity contribution in [3.63, 3.8) is 0 Å². The highest BCUT2D eigenvalue weighted by Crippen LogP contribution is 2.36. The Kier molecular flexibility index (Phi) is 5.60. The van der Waals surface area contributed by atoms with Crippen LogP contribution in [0.25, 0.3) is 0 Å². The molecule has 0 saturated carbocycles. The SMILES string of the molecule is CNC(Cc1cc(Br)ccc1F)c1cc(Br)c(Br)s1. The van der Waals surface area contributed by atoms with Gasteiger partial charge < -0.3 is 5.32 Å². The average Bonchev–Trinajstić information content (AvgIpc) is 2.70. The predicted molar refractivity (Wildman–Crippen MR) is 89.3 cm³/mol. The van der Waals surface area contributed by atoms with Gasteiger partial charge in [-0.15, -0.1) is 11.3 Å². The molecule has 0 aliphatic carbocycles. The van der Waals surface area contributed by atoms with E-state index in [-0.39, 0.29) is 11.9 Å². The van der Waals surface area contributed by atoms with Crippen LogP contribution in [0.15, 0.2) is 37.0 Å². The second-order valence-corrected chi connectivity index (χ2v) is 8.22. The lowest BCUT2D eigenvalue weighted by atomic mass is 10.0. The summed E-state index contributed by atoms with van der Waals surface area (Å²) in [5.41, 5.74) is 0.703. The molecule has 2 aromatic rings. The van der Waals surface area contributed by atoms with Crippen molar-refractivity contribution >= 4 is 59.1 Å². The molecule has 0 fully saturated rings. The maximum absolute atomic E-state index is 13.8. The summed E-state index contributed by atoms with van der Waals surface area (Å²) in [6.45, 7) is 0. The summed E-state index contributed by atoms with van der Waals surface area (Å²) < 4.78 is 16.8. The van der Waals surface area contributed by atoms with Crippen LogP contribution in [0, 0.1) is 5.82 Å². The number of thiophene rings is 1. The molecule has 19 heavy (non-hydrogen) atoms. The third-order valence-electron chi connectivity index (χ3n) is 2.79. The second-order valence-electron chi connectivity index (χ2n) is 4.05. The van der Waals surface area contributed by atoms with Gasteiger partial charge in [-0.2, -0.15) is 0 Å². The smallest absolute Gasteiger partial charge is 0.126 e. The summed E-state index contributed by atoms with van der Waals surface area (Å²) in [4.78, 5) is 1.17. The first-order valence-corrected chi connectivity index (χ1v) is 8.76. The van der Waals surface area contributed by atoms with Crippen LogP contribution in [0.5, 0.6) is 0 Å². The third kappa shape index (κ3) is 3.88. The molecular weight excluding hydrogens is 461 g/mol.